The average molecular weight is 208 g/mol. The van der Waals surface area contributed by atoms with Gasteiger partial charge in [-0.1, -0.05) is 0 Å². The molecule has 0 spiro atoms. The first-order chi connectivity index (χ1) is 7.13. The van der Waals surface area contributed by atoms with Crippen LogP contribution in [0, 0.1) is 5.82 Å². The van der Waals surface area contributed by atoms with Gasteiger partial charge in [-0.3, -0.25) is 4.79 Å². The van der Waals surface area contributed by atoms with E-state index in [1.165, 1.54) is 12.1 Å². The number of carbonyl (C=O) groups is 1. The summed E-state index contributed by atoms with van der Waals surface area (Å²) in [7, 11) is 1.89. The molecule has 1 unspecified atom stereocenters. The highest BCUT2D eigenvalue weighted by molar-refractivity contribution is 5.91. The Morgan fingerprint density at radius 3 is 3.07 bits per heavy atom. The standard InChI is InChI=1S/C11H13FN2O/c1-14-6-9(11(15)5-13)8-4-7(12)2-3-10(8)14/h2-4,9H,5-6,13H2,1H3. The van der Waals surface area contributed by atoms with Crippen LogP contribution in [0.2, 0.25) is 0 Å². The summed E-state index contributed by atoms with van der Waals surface area (Å²) in [5.41, 5.74) is 7.01. The van der Waals surface area contributed by atoms with Crippen molar-refractivity contribution in [1.29, 1.82) is 0 Å². The van der Waals surface area contributed by atoms with Gasteiger partial charge in [0.2, 0.25) is 0 Å². The van der Waals surface area contributed by atoms with E-state index in [9.17, 15) is 9.18 Å². The van der Waals surface area contributed by atoms with E-state index in [1.54, 1.807) is 6.07 Å². The smallest absolute Gasteiger partial charge is 0.155 e. The molecule has 1 atom stereocenters. The van der Waals surface area contributed by atoms with E-state index in [0.29, 0.717) is 6.54 Å². The molecule has 0 bridgehead atoms. The Morgan fingerprint density at radius 2 is 2.40 bits per heavy atom. The summed E-state index contributed by atoms with van der Waals surface area (Å²) in [6.45, 7) is 0.600. The summed E-state index contributed by atoms with van der Waals surface area (Å²) in [5.74, 6) is -0.615. The monoisotopic (exact) mass is 208 g/mol. The van der Waals surface area contributed by atoms with Gasteiger partial charge in [0.25, 0.3) is 0 Å². The molecule has 0 saturated carbocycles. The number of Topliss-reactive ketones (excluding diaryl/α,β-unsaturated/α-hetero) is 1. The van der Waals surface area contributed by atoms with Gasteiger partial charge in [-0.15, -0.1) is 0 Å². The Labute approximate surface area is 87.7 Å². The van der Waals surface area contributed by atoms with Crippen LogP contribution < -0.4 is 10.6 Å². The fourth-order valence-corrected chi connectivity index (χ4v) is 2.04. The number of carbonyl (C=O) groups excluding carboxylic acids is 1. The molecular formula is C11H13FN2O. The molecule has 2 N–H and O–H groups in total. The normalized spacial score (nSPS) is 19.1. The highest BCUT2D eigenvalue weighted by atomic mass is 19.1. The molecular weight excluding hydrogens is 195 g/mol. The average Bonchev–Trinajstić information content (AvgIpc) is 2.54. The summed E-state index contributed by atoms with van der Waals surface area (Å²) in [6.07, 6.45) is 0. The number of likely N-dealkylation sites (N-methyl/N-ethyl adjacent to an activating group) is 1. The highest BCUT2D eigenvalue weighted by Crippen LogP contribution is 2.35. The first-order valence-corrected chi connectivity index (χ1v) is 4.87. The van der Waals surface area contributed by atoms with E-state index in [4.69, 9.17) is 5.73 Å². The molecule has 3 nitrogen and oxygen atoms in total. The molecule has 1 aliphatic heterocycles. The van der Waals surface area contributed by atoms with Crippen LogP contribution in [0.1, 0.15) is 11.5 Å². The van der Waals surface area contributed by atoms with Crippen molar-refractivity contribution < 1.29 is 9.18 Å². The number of ketones is 1. The van der Waals surface area contributed by atoms with Crippen molar-refractivity contribution in [3.63, 3.8) is 0 Å². The Balaban J connectivity index is 2.44. The fourth-order valence-electron chi connectivity index (χ4n) is 2.04. The molecule has 0 fully saturated rings. The number of hydrogen-bond acceptors (Lipinski definition) is 3. The van der Waals surface area contributed by atoms with Crippen LogP contribution in [0.5, 0.6) is 0 Å². The van der Waals surface area contributed by atoms with Crippen LogP contribution in [0.4, 0.5) is 10.1 Å². The van der Waals surface area contributed by atoms with E-state index in [0.717, 1.165) is 11.3 Å². The van der Waals surface area contributed by atoms with Crippen LogP contribution in [0.3, 0.4) is 0 Å². The van der Waals surface area contributed by atoms with Crippen LogP contribution in [-0.4, -0.2) is 25.9 Å². The molecule has 0 radical (unpaired) electrons. The van der Waals surface area contributed by atoms with Gasteiger partial charge in [-0.05, 0) is 23.8 Å². The minimum atomic E-state index is -0.307. The Hall–Kier alpha value is -1.42. The van der Waals surface area contributed by atoms with Gasteiger partial charge in [-0.25, -0.2) is 4.39 Å². The molecule has 2 rings (SSSR count). The zero-order valence-corrected chi connectivity index (χ0v) is 8.53. The number of anilines is 1. The molecule has 4 heteroatoms. The van der Waals surface area contributed by atoms with Gasteiger partial charge in [0.05, 0.1) is 12.5 Å². The minimum absolute atomic E-state index is 0.00839. The third kappa shape index (κ3) is 1.61. The molecule has 15 heavy (non-hydrogen) atoms. The number of rotatable bonds is 2. The zero-order valence-electron chi connectivity index (χ0n) is 8.53. The summed E-state index contributed by atoms with van der Waals surface area (Å²) in [4.78, 5) is 13.5. The van der Waals surface area contributed by atoms with Crippen LogP contribution in [0.15, 0.2) is 18.2 Å². The van der Waals surface area contributed by atoms with Crippen molar-refractivity contribution in [3.05, 3.63) is 29.6 Å². The number of hydrogen-bond donors (Lipinski definition) is 1. The molecule has 1 aromatic rings. The van der Waals surface area contributed by atoms with E-state index < -0.39 is 0 Å². The Bertz CT molecular complexity index is 406. The number of nitrogens with zero attached hydrogens (tertiary/aromatic N) is 1. The molecule has 1 aromatic carbocycles. The second-order valence-corrected chi connectivity index (χ2v) is 3.81. The number of benzene rings is 1. The number of nitrogens with two attached hydrogens (primary N) is 1. The highest BCUT2D eigenvalue weighted by Gasteiger charge is 2.31. The maximum Gasteiger partial charge on any atom is 0.155 e. The maximum atomic E-state index is 13.1. The van der Waals surface area contributed by atoms with Crippen molar-refractivity contribution in [2.24, 2.45) is 5.73 Å². The lowest BCUT2D eigenvalue weighted by Crippen LogP contribution is -2.25. The van der Waals surface area contributed by atoms with E-state index in [2.05, 4.69) is 0 Å². The lowest BCUT2D eigenvalue weighted by Gasteiger charge is -2.11. The van der Waals surface area contributed by atoms with Gasteiger partial charge < -0.3 is 10.6 Å². The minimum Gasteiger partial charge on any atom is -0.373 e. The largest absolute Gasteiger partial charge is 0.373 e. The number of fused-ring (bicyclic) bond motifs is 1. The summed E-state index contributed by atoms with van der Waals surface area (Å²) < 4.78 is 13.1. The molecule has 0 amide bonds. The van der Waals surface area contributed by atoms with E-state index in [-0.39, 0.29) is 24.1 Å². The molecule has 1 aliphatic rings. The SMILES string of the molecule is CN1CC(C(=O)CN)c2cc(F)ccc21. The molecule has 0 aliphatic carbocycles. The predicted molar refractivity (Wildman–Crippen MR) is 56.5 cm³/mol. The van der Waals surface area contributed by atoms with Crippen molar-refractivity contribution in [2.75, 3.05) is 25.0 Å². The number of halogens is 1. The van der Waals surface area contributed by atoms with Gasteiger partial charge in [0.1, 0.15) is 5.82 Å². The topological polar surface area (TPSA) is 46.3 Å². The summed E-state index contributed by atoms with van der Waals surface area (Å²) >= 11 is 0. The predicted octanol–water partition coefficient (Wildman–Crippen LogP) is 0.887. The summed E-state index contributed by atoms with van der Waals surface area (Å²) in [6, 6.07) is 4.54. The van der Waals surface area contributed by atoms with Crippen molar-refractivity contribution in [3.8, 4) is 0 Å². The first-order valence-electron chi connectivity index (χ1n) is 4.87. The van der Waals surface area contributed by atoms with Gasteiger partial charge in [0, 0.05) is 19.3 Å². The van der Waals surface area contributed by atoms with E-state index >= 15 is 0 Å². The molecule has 0 saturated heterocycles. The van der Waals surface area contributed by atoms with Crippen molar-refractivity contribution in [2.45, 2.75) is 5.92 Å². The third-order valence-corrected chi connectivity index (χ3v) is 2.82. The van der Waals surface area contributed by atoms with Gasteiger partial charge >= 0.3 is 0 Å². The van der Waals surface area contributed by atoms with Gasteiger partial charge in [-0.2, -0.15) is 0 Å². The second kappa shape index (κ2) is 3.62. The molecule has 80 valence electrons. The van der Waals surface area contributed by atoms with Crippen LogP contribution in [-0.2, 0) is 4.79 Å². The lowest BCUT2D eigenvalue weighted by molar-refractivity contribution is -0.118. The second-order valence-electron chi connectivity index (χ2n) is 3.81. The summed E-state index contributed by atoms with van der Waals surface area (Å²) in [5, 5.41) is 0. The molecule has 1 heterocycles. The quantitative estimate of drug-likeness (QED) is 0.785. The van der Waals surface area contributed by atoms with Crippen molar-refractivity contribution in [1.82, 2.24) is 0 Å². The van der Waals surface area contributed by atoms with Gasteiger partial charge in [0.15, 0.2) is 5.78 Å². The first kappa shape index (κ1) is 10.1. The van der Waals surface area contributed by atoms with Crippen molar-refractivity contribution >= 4 is 11.5 Å². The lowest BCUT2D eigenvalue weighted by atomic mass is 9.97. The van der Waals surface area contributed by atoms with Crippen LogP contribution >= 0.6 is 0 Å². The Morgan fingerprint density at radius 1 is 1.67 bits per heavy atom. The third-order valence-electron chi connectivity index (χ3n) is 2.82. The Kier molecular flexibility index (Phi) is 2.44. The van der Waals surface area contributed by atoms with E-state index in [1.807, 2.05) is 11.9 Å². The molecule has 0 aromatic heterocycles. The zero-order chi connectivity index (χ0) is 11.0. The van der Waals surface area contributed by atoms with Crippen LogP contribution in [0.25, 0.3) is 0 Å². The fraction of sp³-hybridized carbons (Fsp3) is 0.364. The maximum absolute atomic E-state index is 13.1.